The van der Waals surface area contributed by atoms with Gasteiger partial charge in [0.25, 0.3) is 6.43 Å². The lowest BCUT2D eigenvalue weighted by molar-refractivity contribution is -0.153. The van der Waals surface area contributed by atoms with Crippen LogP contribution in [0.5, 0.6) is 5.75 Å². The largest absolute Gasteiger partial charge is 0.587 e. The first-order valence-corrected chi connectivity index (χ1v) is 12.2. The molecule has 4 rings (SSSR count). The zero-order valence-corrected chi connectivity index (χ0v) is 20.4. The predicted octanol–water partition coefficient (Wildman–Crippen LogP) is 5.61. The summed E-state index contributed by atoms with van der Waals surface area (Å²) in [7, 11) is 1.94. The van der Waals surface area contributed by atoms with E-state index in [4.69, 9.17) is 4.74 Å². The fraction of sp³-hybridized carbons (Fsp3) is 0.364. The molecule has 1 aromatic heterocycles. The van der Waals surface area contributed by atoms with Crippen molar-refractivity contribution in [2.24, 2.45) is 0 Å². The molecule has 5 nitrogen and oxygen atoms in total. The van der Waals surface area contributed by atoms with Crippen LogP contribution in [0.25, 0.3) is 10.9 Å². The van der Waals surface area contributed by atoms with Crippen molar-refractivity contribution >= 4 is 43.9 Å². The molecule has 3 aromatic rings. The van der Waals surface area contributed by atoms with Crippen molar-refractivity contribution in [3.63, 3.8) is 0 Å². The van der Waals surface area contributed by atoms with E-state index >= 15 is 0 Å². The molecule has 12 heteroatoms. The molecule has 0 spiro atoms. The number of hydrogen-bond donors (Lipinski definition) is 0. The summed E-state index contributed by atoms with van der Waals surface area (Å²) in [5, 5.41) is 0.274. The molecule has 2 heterocycles. The van der Waals surface area contributed by atoms with Crippen LogP contribution in [0.4, 0.5) is 27.6 Å². The average Bonchev–Trinajstić information content (AvgIpc) is 3.16. The first kappa shape index (κ1) is 25.1. The molecule has 0 aliphatic carbocycles. The van der Waals surface area contributed by atoms with Gasteiger partial charge in [0.1, 0.15) is 17.1 Å². The lowest BCUT2D eigenvalue weighted by Gasteiger charge is -2.35. The van der Waals surface area contributed by atoms with Crippen LogP contribution in [0.2, 0.25) is 0 Å². The van der Waals surface area contributed by atoms with Crippen molar-refractivity contribution in [2.45, 2.75) is 17.5 Å². The third-order valence-electron chi connectivity index (χ3n) is 5.55. The summed E-state index contributed by atoms with van der Waals surface area (Å²) >= 11 is 1.38. The topological polar surface area (TPSA) is 43.7 Å². The number of anilines is 1. The van der Waals surface area contributed by atoms with E-state index in [1.807, 2.05) is 11.9 Å². The number of nitrogens with zero attached hydrogens (tertiary/aromatic N) is 3. The number of aromatic nitrogens is 1. The summed E-state index contributed by atoms with van der Waals surface area (Å²) < 4.78 is 86.0. The minimum Gasteiger partial charge on any atom is -0.587 e. The minimum atomic E-state index is -4.51. The van der Waals surface area contributed by atoms with E-state index in [9.17, 15) is 26.5 Å². The second-order valence-corrected chi connectivity index (χ2v) is 10.2. The number of halogens is 6. The minimum absolute atomic E-state index is 0.0241. The van der Waals surface area contributed by atoms with Gasteiger partial charge < -0.3 is 19.1 Å². The number of benzene rings is 2. The monoisotopic (exact) mass is 565 g/mol. The quantitative estimate of drug-likeness (QED) is 0.288. The number of likely N-dealkylation sites (N-methyl/N-ethyl adjacent to an activating group) is 1. The van der Waals surface area contributed by atoms with Gasteiger partial charge >= 0.3 is 6.18 Å². The lowest BCUT2D eigenvalue weighted by atomic mass is 10.2. The summed E-state index contributed by atoms with van der Waals surface area (Å²) in [4.78, 5) is 4.22. The normalized spacial score (nSPS) is 16.4. The smallest absolute Gasteiger partial charge is 0.422 e. The Kier molecular flexibility index (Phi) is 7.32. The summed E-state index contributed by atoms with van der Waals surface area (Å²) in [6, 6.07) is 9.01. The standard InChI is InChI=1S/C22H21BrF5N3O2S/c1-29-6-8-30(9-7-29)19-11-15(3-5-20(19)33-13-22(26,27)28)34(32)31-12-17(21(24)25)16-4-2-14(23)10-18(16)31/h2-5,10-12,21H,6-9,13H2,1H3. The molecular weight excluding hydrogens is 545 g/mol. The van der Waals surface area contributed by atoms with Crippen LogP contribution < -0.4 is 9.64 Å². The number of piperazine rings is 1. The molecular formula is C22H21BrF5N3O2S. The van der Waals surface area contributed by atoms with Gasteiger partial charge in [0.05, 0.1) is 17.4 Å². The van der Waals surface area contributed by atoms with Crippen LogP contribution in [0.3, 0.4) is 0 Å². The summed E-state index contributed by atoms with van der Waals surface area (Å²) in [5.41, 5.74) is 0.483. The molecule has 1 fully saturated rings. The fourth-order valence-corrected chi connectivity index (χ4v) is 5.32. The Labute approximate surface area is 204 Å². The van der Waals surface area contributed by atoms with E-state index in [0.29, 0.717) is 41.9 Å². The highest BCUT2D eigenvalue weighted by Crippen LogP contribution is 2.37. The molecule has 0 bridgehead atoms. The van der Waals surface area contributed by atoms with Crippen LogP contribution in [-0.2, 0) is 11.4 Å². The van der Waals surface area contributed by atoms with E-state index < -0.39 is 30.6 Å². The highest BCUT2D eigenvalue weighted by atomic mass is 79.9. The number of hydrogen-bond acceptors (Lipinski definition) is 4. The second kappa shape index (κ2) is 9.92. The van der Waals surface area contributed by atoms with Gasteiger partial charge in [-0.05, 0) is 31.3 Å². The molecule has 34 heavy (non-hydrogen) atoms. The Balaban J connectivity index is 1.74. The molecule has 1 unspecified atom stereocenters. The molecule has 1 saturated heterocycles. The molecule has 0 N–H and O–H groups in total. The predicted molar refractivity (Wildman–Crippen MR) is 124 cm³/mol. The van der Waals surface area contributed by atoms with Gasteiger partial charge in [-0.2, -0.15) is 17.1 Å². The van der Waals surface area contributed by atoms with Crippen LogP contribution in [0.1, 0.15) is 12.0 Å². The van der Waals surface area contributed by atoms with E-state index in [1.165, 1.54) is 28.2 Å². The SMILES string of the molecule is CN1CCN(c2cc([S+]([O-])n3cc(C(F)F)c4ccc(Br)cc43)ccc2OCC(F)(F)F)CC1. The maximum absolute atomic E-state index is 13.6. The third kappa shape index (κ3) is 5.45. The average molecular weight is 566 g/mol. The Morgan fingerprint density at radius 3 is 2.44 bits per heavy atom. The van der Waals surface area contributed by atoms with Crippen molar-refractivity contribution in [1.29, 1.82) is 0 Å². The molecule has 1 aliphatic heterocycles. The molecule has 0 saturated carbocycles. The number of ether oxygens (including phenoxy) is 1. The zero-order chi connectivity index (χ0) is 24.6. The first-order valence-electron chi connectivity index (χ1n) is 10.3. The van der Waals surface area contributed by atoms with Crippen LogP contribution in [0.15, 0.2) is 52.0 Å². The van der Waals surface area contributed by atoms with Gasteiger partial charge in [0, 0.05) is 47.7 Å². The highest BCUT2D eigenvalue weighted by Gasteiger charge is 2.31. The van der Waals surface area contributed by atoms with Gasteiger partial charge in [-0.25, -0.2) is 8.78 Å². The van der Waals surface area contributed by atoms with E-state index in [-0.39, 0.29) is 21.6 Å². The fourth-order valence-electron chi connectivity index (χ4n) is 3.80. The summed E-state index contributed by atoms with van der Waals surface area (Å²) in [6.45, 7) is 1.03. The van der Waals surface area contributed by atoms with E-state index in [1.54, 1.807) is 12.1 Å². The Morgan fingerprint density at radius 1 is 1.09 bits per heavy atom. The van der Waals surface area contributed by atoms with Gasteiger partial charge in [-0.1, -0.05) is 22.0 Å². The van der Waals surface area contributed by atoms with Crippen LogP contribution in [0, 0.1) is 0 Å². The van der Waals surface area contributed by atoms with Crippen molar-refractivity contribution in [3.05, 3.63) is 52.6 Å². The summed E-state index contributed by atoms with van der Waals surface area (Å²) in [6.07, 6.45) is -6.12. The second-order valence-electron chi connectivity index (χ2n) is 7.95. The van der Waals surface area contributed by atoms with Crippen molar-refractivity contribution in [3.8, 4) is 5.75 Å². The molecule has 0 amide bonds. The lowest BCUT2D eigenvalue weighted by Crippen LogP contribution is -2.44. The van der Waals surface area contributed by atoms with Crippen LogP contribution in [-0.4, -0.2) is 59.4 Å². The molecule has 0 radical (unpaired) electrons. The number of rotatable bonds is 6. The van der Waals surface area contributed by atoms with Gasteiger partial charge in [0.15, 0.2) is 11.5 Å². The Hall–Kier alpha value is -2.02. The first-order chi connectivity index (χ1) is 16.0. The molecule has 2 aromatic carbocycles. The number of fused-ring (bicyclic) bond motifs is 1. The maximum Gasteiger partial charge on any atom is 0.422 e. The van der Waals surface area contributed by atoms with E-state index in [2.05, 4.69) is 20.8 Å². The van der Waals surface area contributed by atoms with Gasteiger partial charge in [-0.3, -0.25) is 0 Å². The van der Waals surface area contributed by atoms with Gasteiger partial charge in [-0.15, -0.1) is 0 Å². The Bertz CT molecular complexity index is 1170. The van der Waals surface area contributed by atoms with Crippen molar-refractivity contribution < 1.29 is 31.2 Å². The molecule has 1 atom stereocenters. The van der Waals surface area contributed by atoms with Crippen LogP contribution >= 0.6 is 15.9 Å². The van der Waals surface area contributed by atoms with E-state index in [0.717, 1.165) is 6.20 Å². The maximum atomic E-state index is 13.6. The Morgan fingerprint density at radius 2 is 1.79 bits per heavy atom. The third-order valence-corrected chi connectivity index (χ3v) is 7.36. The highest BCUT2D eigenvalue weighted by molar-refractivity contribution is 9.10. The zero-order valence-electron chi connectivity index (χ0n) is 18.0. The van der Waals surface area contributed by atoms with Crippen molar-refractivity contribution in [1.82, 2.24) is 8.87 Å². The molecule has 1 aliphatic rings. The molecule has 184 valence electrons. The van der Waals surface area contributed by atoms with Gasteiger partial charge in [0.2, 0.25) is 0 Å². The number of alkyl halides is 5. The summed E-state index contributed by atoms with van der Waals surface area (Å²) in [5.74, 6) is 0.0241. The van der Waals surface area contributed by atoms with Crippen molar-refractivity contribution in [2.75, 3.05) is 44.7 Å².